The summed E-state index contributed by atoms with van der Waals surface area (Å²) in [5, 5.41) is 18.4. The topological polar surface area (TPSA) is 132 Å². The summed E-state index contributed by atoms with van der Waals surface area (Å²) in [6, 6.07) is 18.4. The average molecular weight is 597 g/mol. The van der Waals surface area contributed by atoms with Gasteiger partial charge in [0.25, 0.3) is 17.5 Å². The van der Waals surface area contributed by atoms with Crippen molar-refractivity contribution in [1.29, 1.82) is 0 Å². The van der Waals surface area contributed by atoms with Crippen molar-refractivity contribution in [3.05, 3.63) is 91.8 Å². The standard InChI is InChI=1S/C26H21BrN4O6S/c1-2-36-21-11-16(10-20(27)25(21)37-15-24(32)29-18-6-4-3-5-7-18)14-28-30-26(33)23-13-17-12-19(31(34)35)8-9-22(17)38-23/h3-14H,2,15H2,1H3,(H,29,32)(H,30,33)/b28-14-. The van der Waals surface area contributed by atoms with Gasteiger partial charge in [0.2, 0.25) is 0 Å². The van der Waals surface area contributed by atoms with Gasteiger partial charge >= 0.3 is 0 Å². The fourth-order valence-electron chi connectivity index (χ4n) is 3.40. The van der Waals surface area contributed by atoms with Crippen molar-refractivity contribution in [3.63, 3.8) is 0 Å². The normalized spacial score (nSPS) is 10.9. The molecule has 0 saturated carbocycles. The van der Waals surface area contributed by atoms with Crippen LogP contribution in [0.25, 0.3) is 10.1 Å². The van der Waals surface area contributed by atoms with Crippen LogP contribution in [-0.2, 0) is 4.79 Å². The highest BCUT2D eigenvalue weighted by Gasteiger charge is 2.15. The first-order valence-electron chi connectivity index (χ1n) is 11.3. The number of para-hydroxylation sites is 1. The van der Waals surface area contributed by atoms with Crippen LogP contribution in [0, 0.1) is 10.1 Å². The van der Waals surface area contributed by atoms with Crippen LogP contribution in [0.4, 0.5) is 11.4 Å². The summed E-state index contributed by atoms with van der Waals surface area (Å²) in [5.41, 5.74) is 3.69. The van der Waals surface area contributed by atoms with Crippen molar-refractivity contribution in [3.8, 4) is 11.5 Å². The molecule has 0 radical (unpaired) electrons. The molecule has 194 valence electrons. The zero-order valence-corrected chi connectivity index (χ0v) is 22.4. The van der Waals surface area contributed by atoms with E-state index in [0.717, 1.165) is 4.70 Å². The summed E-state index contributed by atoms with van der Waals surface area (Å²) in [7, 11) is 0. The SMILES string of the molecule is CCOc1cc(/C=N\NC(=O)c2cc3cc([N+](=O)[O-])ccc3s2)cc(Br)c1OCC(=O)Nc1ccccc1. The Bertz CT molecular complexity index is 1520. The third-order valence-electron chi connectivity index (χ3n) is 5.05. The number of ether oxygens (including phenoxy) is 2. The summed E-state index contributed by atoms with van der Waals surface area (Å²) < 4.78 is 12.7. The number of thiophene rings is 1. The van der Waals surface area contributed by atoms with Crippen molar-refractivity contribution in [2.45, 2.75) is 6.92 Å². The molecule has 0 saturated heterocycles. The number of nitrogens with zero attached hydrogens (tertiary/aromatic N) is 2. The van der Waals surface area contributed by atoms with E-state index in [-0.39, 0.29) is 18.2 Å². The van der Waals surface area contributed by atoms with E-state index in [9.17, 15) is 19.7 Å². The number of amides is 2. The maximum absolute atomic E-state index is 12.6. The first kappa shape index (κ1) is 26.8. The maximum Gasteiger partial charge on any atom is 0.281 e. The van der Waals surface area contributed by atoms with Gasteiger partial charge in [0.1, 0.15) is 0 Å². The Balaban J connectivity index is 1.42. The van der Waals surface area contributed by atoms with E-state index >= 15 is 0 Å². The summed E-state index contributed by atoms with van der Waals surface area (Å²) in [4.78, 5) is 35.7. The monoisotopic (exact) mass is 596 g/mol. The minimum Gasteiger partial charge on any atom is -0.490 e. The van der Waals surface area contributed by atoms with Gasteiger partial charge in [0.05, 0.1) is 27.1 Å². The lowest BCUT2D eigenvalue weighted by Gasteiger charge is -2.14. The molecular weight excluding hydrogens is 576 g/mol. The predicted molar refractivity (Wildman–Crippen MR) is 149 cm³/mol. The Morgan fingerprint density at radius 3 is 2.63 bits per heavy atom. The van der Waals surface area contributed by atoms with Gasteiger partial charge in [-0.2, -0.15) is 5.10 Å². The molecule has 2 amide bonds. The van der Waals surface area contributed by atoms with Crippen molar-refractivity contribution >= 4 is 66.8 Å². The highest BCUT2D eigenvalue weighted by molar-refractivity contribution is 9.10. The third-order valence-corrected chi connectivity index (χ3v) is 6.75. The van der Waals surface area contributed by atoms with Crippen LogP contribution < -0.4 is 20.2 Å². The van der Waals surface area contributed by atoms with Gasteiger partial charge in [-0.05, 0) is 64.8 Å². The van der Waals surface area contributed by atoms with Crippen LogP contribution >= 0.6 is 27.3 Å². The van der Waals surface area contributed by atoms with Crippen LogP contribution in [0.15, 0.2) is 76.3 Å². The van der Waals surface area contributed by atoms with Gasteiger partial charge in [-0.25, -0.2) is 5.43 Å². The van der Waals surface area contributed by atoms with Gasteiger partial charge in [0, 0.05) is 27.9 Å². The number of rotatable bonds is 10. The lowest BCUT2D eigenvalue weighted by molar-refractivity contribution is -0.384. The summed E-state index contributed by atoms with van der Waals surface area (Å²) in [6.07, 6.45) is 1.44. The molecule has 10 nitrogen and oxygen atoms in total. The fraction of sp³-hybridized carbons (Fsp3) is 0.115. The number of benzene rings is 3. The van der Waals surface area contributed by atoms with Crippen molar-refractivity contribution in [1.82, 2.24) is 5.43 Å². The fourth-order valence-corrected chi connectivity index (χ4v) is 4.91. The number of carbonyl (C=O) groups excluding carboxylic acids is 2. The van der Waals surface area contributed by atoms with Crippen LogP contribution in [0.1, 0.15) is 22.2 Å². The molecule has 0 fully saturated rings. The van der Waals surface area contributed by atoms with Crippen molar-refractivity contribution < 1.29 is 24.0 Å². The molecule has 38 heavy (non-hydrogen) atoms. The number of halogens is 1. The maximum atomic E-state index is 12.6. The molecule has 0 bridgehead atoms. The highest BCUT2D eigenvalue weighted by atomic mass is 79.9. The van der Waals surface area contributed by atoms with Gasteiger partial charge in [-0.15, -0.1) is 11.3 Å². The van der Waals surface area contributed by atoms with Gasteiger partial charge < -0.3 is 14.8 Å². The number of non-ortho nitro benzene ring substituents is 1. The Labute approximate surface area is 229 Å². The van der Waals surface area contributed by atoms with Crippen LogP contribution in [0.5, 0.6) is 11.5 Å². The number of nitrogens with one attached hydrogen (secondary N) is 2. The van der Waals surface area contributed by atoms with Crippen LogP contribution in [0.3, 0.4) is 0 Å². The smallest absolute Gasteiger partial charge is 0.281 e. The quantitative estimate of drug-likeness (QED) is 0.136. The zero-order valence-electron chi connectivity index (χ0n) is 20.0. The molecule has 0 atom stereocenters. The summed E-state index contributed by atoms with van der Waals surface area (Å²) in [6.45, 7) is 1.95. The molecule has 0 aliphatic rings. The third kappa shape index (κ3) is 6.72. The molecule has 3 aromatic carbocycles. The van der Waals surface area contributed by atoms with E-state index < -0.39 is 10.8 Å². The van der Waals surface area contributed by atoms with Crippen LogP contribution in [0.2, 0.25) is 0 Å². The summed E-state index contributed by atoms with van der Waals surface area (Å²) >= 11 is 4.65. The predicted octanol–water partition coefficient (Wildman–Crippen LogP) is 5.75. The number of fused-ring (bicyclic) bond motifs is 1. The molecule has 0 unspecified atom stereocenters. The van der Waals surface area contributed by atoms with Crippen LogP contribution in [-0.4, -0.2) is 36.2 Å². The molecule has 12 heteroatoms. The van der Waals surface area contributed by atoms with Gasteiger partial charge in [-0.1, -0.05) is 18.2 Å². The highest BCUT2D eigenvalue weighted by Crippen LogP contribution is 2.36. The molecule has 1 heterocycles. The second kappa shape index (κ2) is 12.3. The molecular formula is C26H21BrN4O6S. The minimum atomic E-state index is -0.481. The summed E-state index contributed by atoms with van der Waals surface area (Å²) in [5.74, 6) is -0.0165. The number of hydrogen-bond donors (Lipinski definition) is 2. The second-order valence-electron chi connectivity index (χ2n) is 7.75. The number of hydrogen-bond acceptors (Lipinski definition) is 8. The Morgan fingerprint density at radius 1 is 1.11 bits per heavy atom. The van der Waals surface area contributed by atoms with E-state index in [4.69, 9.17) is 9.47 Å². The Kier molecular flexibility index (Phi) is 8.66. The zero-order chi connectivity index (χ0) is 27.1. The van der Waals surface area contributed by atoms with E-state index in [1.165, 1.54) is 29.7 Å². The second-order valence-corrected chi connectivity index (χ2v) is 9.69. The number of nitro groups is 1. The molecule has 4 rings (SSSR count). The van der Waals surface area contributed by atoms with Crippen molar-refractivity contribution in [2.24, 2.45) is 5.10 Å². The first-order chi connectivity index (χ1) is 18.3. The minimum absolute atomic E-state index is 0.0415. The molecule has 0 spiro atoms. The number of anilines is 1. The number of nitro benzene ring substituents is 1. The van der Waals surface area contributed by atoms with Gasteiger partial charge in [0.15, 0.2) is 18.1 Å². The molecule has 0 aliphatic heterocycles. The average Bonchev–Trinajstić information content (AvgIpc) is 3.33. The Hall–Kier alpha value is -4.29. The number of hydrazone groups is 1. The lowest BCUT2D eigenvalue weighted by atomic mass is 10.2. The van der Waals surface area contributed by atoms with Gasteiger partial charge in [-0.3, -0.25) is 19.7 Å². The molecule has 0 aliphatic carbocycles. The number of carbonyl (C=O) groups is 2. The largest absolute Gasteiger partial charge is 0.490 e. The van der Waals surface area contributed by atoms with E-state index in [1.807, 2.05) is 25.1 Å². The van der Waals surface area contributed by atoms with E-state index in [0.29, 0.717) is 44.1 Å². The molecule has 4 aromatic rings. The molecule has 1 aromatic heterocycles. The molecule has 2 N–H and O–H groups in total. The first-order valence-corrected chi connectivity index (χ1v) is 12.9. The van der Waals surface area contributed by atoms with E-state index in [2.05, 4.69) is 31.8 Å². The van der Waals surface area contributed by atoms with E-state index in [1.54, 1.807) is 36.4 Å². The lowest BCUT2D eigenvalue weighted by Crippen LogP contribution is -2.20. The Morgan fingerprint density at radius 2 is 1.89 bits per heavy atom. The van der Waals surface area contributed by atoms with Crippen molar-refractivity contribution in [2.75, 3.05) is 18.5 Å².